The third-order valence-corrected chi connectivity index (χ3v) is 112. The summed E-state index contributed by atoms with van der Waals surface area (Å²) < 4.78 is 112. The number of hydrogen-bond acceptors (Lipinski definition) is 18. The van der Waals surface area contributed by atoms with Gasteiger partial charge in [-0.1, -0.05) is 19.0 Å². The van der Waals surface area contributed by atoms with Crippen molar-refractivity contribution in [3.63, 3.8) is 0 Å². The molecule has 0 aromatic rings. The maximum Gasteiger partial charge on any atom is 0.322 e. The van der Waals surface area contributed by atoms with Crippen LogP contribution in [0.4, 0.5) is 0 Å². The van der Waals surface area contributed by atoms with E-state index in [1.165, 1.54) is 0 Å². The highest BCUT2D eigenvalue weighted by Gasteiger charge is 2.64. The highest BCUT2D eigenvalue weighted by molar-refractivity contribution is 7.67. The summed E-state index contributed by atoms with van der Waals surface area (Å²) in [6.07, 6.45) is 2.06. The summed E-state index contributed by atoms with van der Waals surface area (Å²) in [6.45, 7) is 74.3. The first-order chi connectivity index (χ1) is 34.9. The van der Waals surface area contributed by atoms with Gasteiger partial charge in [0.25, 0.3) is 9.76 Å². The van der Waals surface area contributed by atoms with Crippen LogP contribution in [0.2, 0.25) is 253 Å². The molecule has 1 fully saturated rings. The number of rotatable bonds is 34. The van der Waals surface area contributed by atoms with E-state index in [1.807, 2.05) is 26.2 Å². The maximum absolute atomic E-state index is 10.7. The average Bonchev–Trinajstić information content (AvgIpc) is 3.07. The Labute approximate surface area is 512 Å². The van der Waals surface area contributed by atoms with Gasteiger partial charge >= 0.3 is 111 Å². The Morgan fingerprint density at radius 3 is 1.06 bits per heavy atom. The second-order valence-electron chi connectivity index (χ2n) is 30.0. The Morgan fingerprint density at radius 1 is 0.412 bits per heavy atom. The molecule has 0 spiro atoms. The highest BCUT2D eigenvalue weighted by Crippen LogP contribution is 2.43. The van der Waals surface area contributed by atoms with E-state index in [2.05, 4.69) is 183 Å². The minimum atomic E-state index is -2.96. The van der Waals surface area contributed by atoms with Gasteiger partial charge in [0.1, 0.15) is 0 Å². The smallest absolute Gasteiger partial charge is 0.322 e. The lowest BCUT2D eigenvalue weighted by atomic mass is 10.4. The van der Waals surface area contributed by atoms with Crippen LogP contribution in [-0.2, 0) is 71.5 Å². The Morgan fingerprint density at radius 2 is 0.738 bits per heavy atom. The van der Waals surface area contributed by atoms with E-state index in [4.69, 9.17) is 71.5 Å². The highest BCUT2D eigenvalue weighted by atomic mass is 29.7. The van der Waals surface area contributed by atoms with Gasteiger partial charge in [0.05, 0.1) is 14.2 Å². The summed E-state index contributed by atoms with van der Waals surface area (Å²) in [5.41, 5.74) is 0. The lowest BCUT2D eigenvalue weighted by Gasteiger charge is -2.54. The zero-order valence-corrected chi connectivity index (χ0v) is 76.5. The molecule has 1 heterocycles. The van der Waals surface area contributed by atoms with Crippen LogP contribution in [0.3, 0.4) is 0 Å². The van der Waals surface area contributed by atoms with Gasteiger partial charge in [0, 0.05) is 6.61 Å². The van der Waals surface area contributed by atoms with Crippen LogP contribution >= 0.6 is 0 Å². The maximum atomic E-state index is 10.7. The summed E-state index contributed by atoms with van der Waals surface area (Å²) >= 11 is 0. The molecular weight excluding hydrogens is 1340 g/mol. The first-order valence-corrected chi connectivity index (χ1v) is 83.2. The molecule has 3 atom stereocenters. The molecule has 1 rings (SSSR count). The second kappa shape index (κ2) is 28.9. The van der Waals surface area contributed by atoms with Gasteiger partial charge in [-0.15, -0.1) is 0 Å². The fourth-order valence-corrected chi connectivity index (χ4v) is 134. The molecule has 37 heteroatoms. The molecule has 2 radical (unpaired) electrons. The van der Waals surface area contributed by atoms with Gasteiger partial charge in [-0.25, -0.2) is 0 Å². The van der Waals surface area contributed by atoms with E-state index in [0.29, 0.717) is 6.61 Å². The van der Waals surface area contributed by atoms with Crippen LogP contribution in [0.5, 0.6) is 0 Å². The van der Waals surface area contributed by atoms with Gasteiger partial charge in [0.15, 0.2) is 32.3 Å². The van der Waals surface area contributed by atoms with E-state index in [0.717, 1.165) is 43.1 Å². The van der Waals surface area contributed by atoms with E-state index in [9.17, 15) is 4.80 Å². The summed E-state index contributed by atoms with van der Waals surface area (Å²) in [7, 11) is -46.8. The molecule has 0 amide bonds. The lowest BCUT2D eigenvalue weighted by molar-refractivity contribution is -0.179. The van der Waals surface area contributed by atoms with E-state index < -0.39 is 151 Å². The molecule has 0 aromatic carbocycles. The Kier molecular flexibility index (Phi) is 29.4. The first-order valence-electron chi connectivity index (χ1n) is 29.0. The van der Waals surface area contributed by atoms with Crippen LogP contribution in [0.15, 0.2) is 0 Å². The summed E-state index contributed by atoms with van der Waals surface area (Å²) in [5.74, 6) is 0. The van der Waals surface area contributed by atoms with Crippen molar-refractivity contribution in [3.05, 3.63) is 0 Å². The first kappa shape index (κ1) is 81.4. The molecule has 80 heavy (non-hydrogen) atoms. The van der Waals surface area contributed by atoms with Crippen LogP contribution in [-0.4, -0.2) is 179 Å². The molecule has 1 aliphatic heterocycles. The summed E-state index contributed by atoms with van der Waals surface area (Å²) in [6, 6.07) is 4.61. The fourth-order valence-electron chi connectivity index (χ4n) is 12.3. The average molecular weight is 1460 g/mol. The third-order valence-electron chi connectivity index (χ3n) is 13.1. The molecule has 1 N–H and O–H groups in total. The van der Waals surface area contributed by atoms with Crippen LogP contribution in [0.25, 0.3) is 0 Å². The largest absolute Gasteiger partial charge is 0.439 e. The molecule has 0 aliphatic carbocycles. The molecule has 478 valence electrons. The standard InChI is InChI=1S/C43H122O18Si19/c1-45-47-62-39-41-78(33)40-37-36-38-46-65(7,8)60-79(34,61-78)42-43-80(35,76(29,30)58-74(25,26)56-72(21,22)53-69(15,16)51-67(11,12)49-64(5,6)44)77(31,32)59-75(27,28)57-73(23,24)55-71(19,20)54-70(17,18)52-68(13,14)50-66(9,10)48-63(2,3)4/h44H,36-43H2,1-35H3. The van der Waals surface area contributed by atoms with Crippen molar-refractivity contribution >= 4 is 160 Å². The molecule has 0 saturated carbocycles. The minimum absolute atomic E-state index is 0.254. The van der Waals surface area contributed by atoms with Crippen molar-refractivity contribution in [1.82, 2.24) is 0 Å². The lowest BCUT2D eigenvalue weighted by Crippen LogP contribution is -2.78. The minimum Gasteiger partial charge on any atom is -0.439 e. The van der Waals surface area contributed by atoms with Crippen molar-refractivity contribution in [2.45, 2.75) is 266 Å². The predicted molar refractivity (Wildman–Crippen MR) is 373 cm³/mol. The zero-order valence-electron chi connectivity index (χ0n) is 57.5. The predicted octanol–water partition coefficient (Wildman–Crippen LogP) is 14.2. The van der Waals surface area contributed by atoms with E-state index in [1.54, 1.807) is 20.2 Å². The SMILES string of the molecule is COO[Si]CC[Si]1(C)CCCCO[Si](C)(C)O[Si](C)(CC[Si](C)([Si](C)(C)O[Si](C)(C)O[Si](C)(C)O[Si](C)(C)O[Si](C)(C)O[Si](C)(C)O)[Si](C)(C)O[Si](C)(C)O[Si](C)(C)O[Si](C)(C)O[Si](C)(C)O[Si](C)(C)O[Si](C)(C)O[Si](C)(C)C)O1. The van der Waals surface area contributed by atoms with Crippen molar-refractivity contribution in [3.8, 4) is 0 Å². The Balaban J connectivity index is 3.86. The van der Waals surface area contributed by atoms with Crippen molar-refractivity contribution < 1.29 is 76.3 Å². The van der Waals surface area contributed by atoms with E-state index in [-0.39, 0.29) is 9.76 Å². The molecule has 0 bridgehead atoms. The summed E-state index contributed by atoms with van der Waals surface area (Å²) in [5, 5.41) is 0. The Hall–Kier alpha value is 3.40. The molecule has 1 aliphatic rings. The quantitative estimate of drug-likeness (QED) is 0.0278. The summed E-state index contributed by atoms with van der Waals surface area (Å²) in [4.78, 5) is 15.7. The Bertz CT molecular complexity index is 1940. The normalized spacial score (nSPS) is 21.9. The van der Waals surface area contributed by atoms with Crippen LogP contribution in [0, 0.1) is 0 Å². The van der Waals surface area contributed by atoms with Gasteiger partial charge < -0.3 is 66.8 Å². The molecule has 18 nitrogen and oxygen atoms in total. The van der Waals surface area contributed by atoms with E-state index >= 15 is 0 Å². The van der Waals surface area contributed by atoms with Crippen molar-refractivity contribution in [2.75, 3.05) is 13.7 Å². The van der Waals surface area contributed by atoms with Crippen molar-refractivity contribution in [1.29, 1.82) is 0 Å². The molecule has 1 saturated heterocycles. The van der Waals surface area contributed by atoms with Gasteiger partial charge in [-0.05, 0) is 247 Å². The van der Waals surface area contributed by atoms with Crippen molar-refractivity contribution in [2.24, 2.45) is 0 Å². The zero-order chi connectivity index (χ0) is 63.4. The second-order valence-corrected chi connectivity index (χ2v) is 112. The fraction of sp³-hybridized carbons (Fsp3) is 1.00. The topological polar surface area (TPSA) is 177 Å². The van der Waals surface area contributed by atoms with Gasteiger partial charge in [0.2, 0.25) is 0 Å². The van der Waals surface area contributed by atoms with Crippen LogP contribution < -0.4 is 0 Å². The monoisotopic (exact) mass is 1460 g/mol. The third kappa shape index (κ3) is 31.4. The molecule has 0 aromatic heterocycles. The van der Waals surface area contributed by atoms with Gasteiger partial charge in [-0.2, -0.15) is 0 Å². The molecular formula is C43H122O18Si19. The number of hydrogen-bond donors (Lipinski definition) is 1. The van der Waals surface area contributed by atoms with Gasteiger partial charge in [-0.3, -0.25) is 9.46 Å². The molecule has 3 unspecified atom stereocenters. The van der Waals surface area contributed by atoms with Crippen LogP contribution in [0.1, 0.15) is 12.8 Å².